The number of amides is 1. The SMILES string of the molecule is CC(=O)N1CCc2cc(Br)cc(S(=O)(=O)Nc3ccc(Cl)cc3)c21. The molecule has 3 rings (SSSR count). The first kappa shape index (κ1) is 17.3. The number of carbonyl (C=O) groups is 1. The van der Waals surface area contributed by atoms with Gasteiger partial charge in [-0.15, -0.1) is 0 Å². The molecule has 8 heteroatoms. The van der Waals surface area contributed by atoms with Gasteiger partial charge in [-0.25, -0.2) is 8.42 Å². The highest BCUT2D eigenvalue weighted by atomic mass is 79.9. The fourth-order valence-corrected chi connectivity index (χ4v) is 4.83. The predicted octanol–water partition coefficient (Wildman–Crippen LogP) is 3.81. The molecule has 0 spiro atoms. The smallest absolute Gasteiger partial charge is 0.264 e. The summed E-state index contributed by atoms with van der Waals surface area (Å²) in [6, 6.07) is 9.73. The fraction of sp³-hybridized carbons (Fsp3) is 0.188. The van der Waals surface area contributed by atoms with Crippen LogP contribution in [0.2, 0.25) is 5.02 Å². The van der Waals surface area contributed by atoms with E-state index < -0.39 is 10.0 Å². The van der Waals surface area contributed by atoms with Gasteiger partial charge in [0, 0.05) is 28.7 Å². The van der Waals surface area contributed by atoms with Crippen molar-refractivity contribution in [2.45, 2.75) is 18.2 Å². The van der Waals surface area contributed by atoms with E-state index in [1.54, 1.807) is 24.3 Å². The molecule has 1 amide bonds. The Morgan fingerprint density at radius 2 is 1.92 bits per heavy atom. The Morgan fingerprint density at radius 1 is 1.25 bits per heavy atom. The summed E-state index contributed by atoms with van der Waals surface area (Å²) in [5, 5.41) is 0.518. The lowest BCUT2D eigenvalue weighted by molar-refractivity contribution is -0.116. The maximum absolute atomic E-state index is 12.9. The van der Waals surface area contributed by atoms with E-state index in [2.05, 4.69) is 20.7 Å². The number of anilines is 2. The maximum atomic E-state index is 12.9. The molecular formula is C16H14BrClN2O3S. The van der Waals surface area contributed by atoms with E-state index in [-0.39, 0.29) is 10.8 Å². The van der Waals surface area contributed by atoms with Gasteiger partial charge in [0.1, 0.15) is 4.90 Å². The van der Waals surface area contributed by atoms with Crippen molar-refractivity contribution in [2.75, 3.05) is 16.2 Å². The Hall–Kier alpha value is -1.57. The molecule has 2 aromatic carbocycles. The van der Waals surface area contributed by atoms with Crippen molar-refractivity contribution < 1.29 is 13.2 Å². The van der Waals surface area contributed by atoms with Crippen LogP contribution in [-0.4, -0.2) is 20.9 Å². The highest BCUT2D eigenvalue weighted by Gasteiger charge is 2.31. The van der Waals surface area contributed by atoms with Gasteiger partial charge in [0.05, 0.1) is 5.69 Å². The number of hydrogen-bond acceptors (Lipinski definition) is 3. The van der Waals surface area contributed by atoms with Gasteiger partial charge in [0.2, 0.25) is 5.91 Å². The minimum atomic E-state index is -3.86. The number of benzene rings is 2. The van der Waals surface area contributed by atoms with Crippen molar-refractivity contribution in [3.63, 3.8) is 0 Å². The minimum Gasteiger partial charge on any atom is -0.311 e. The first-order valence-corrected chi connectivity index (χ1v) is 9.82. The van der Waals surface area contributed by atoms with Crippen molar-refractivity contribution >= 4 is 54.8 Å². The van der Waals surface area contributed by atoms with Crippen LogP contribution in [0.15, 0.2) is 45.8 Å². The quantitative estimate of drug-likeness (QED) is 0.807. The van der Waals surface area contributed by atoms with Gasteiger partial charge in [-0.3, -0.25) is 9.52 Å². The summed E-state index contributed by atoms with van der Waals surface area (Å²) in [4.78, 5) is 13.4. The summed E-state index contributed by atoms with van der Waals surface area (Å²) in [7, 11) is -3.86. The van der Waals surface area contributed by atoms with Crippen LogP contribution in [0, 0.1) is 0 Å². The Labute approximate surface area is 153 Å². The average Bonchev–Trinajstić information content (AvgIpc) is 2.92. The molecule has 0 fully saturated rings. The number of nitrogens with zero attached hydrogens (tertiary/aromatic N) is 1. The van der Waals surface area contributed by atoms with E-state index in [0.29, 0.717) is 33.8 Å². The number of sulfonamides is 1. The molecule has 2 aromatic rings. The third-order valence-electron chi connectivity index (χ3n) is 3.76. The Bertz CT molecular complexity index is 914. The largest absolute Gasteiger partial charge is 0.311 e. The first-order chi connectivity index (χ1) is 11.3. The normalized spacial score (nSPS) is 13.7. The van der Waals surface area contributed by atoms with Gasteiger partial charge >= 0.3 is 0 Å². The van der Waals surface area contributed by atoms with Crippen LogP contribution in [0.1, 0.15) is 12.5 Å². The number of carbonyl (C=O) groups excluding carboxylic acids is 1. The zero-order valence-electron chi connectivity index (χ0n) is 12.7. The third kappa shape index (κ3) is 3.29. The summed E-state index contributed by atoms with van der Waals surface area (Å²) >= 11 is 9.17. The van der Waals surface area contributed by atoms with Gasteiger partial charge in [-0.05, 0) is 48.4 Å². The number of halogens is 2. The van der Waals surface area contributed by atoms with Gasteiger partial charge in [-0.1, -0.05) is 27.5 Å². The van der Waals surface area contributed by atoms with Crippen LogP contribution < -0.4 is 9.62 Å². The van der Waals surface area contributed by atoms with E-state index in [1.165, 1.54) is 17.9 Å². The monoisotopic (exact) mass is 428 g/mol. The van der Waals surface area contributed by atoms with E-state index in [9.17, 15) is 13.2 Å². The topological polar surface area (TPSA) is 66.5 Å². The summed E-state index contributed by atoms with van der Waals surface area (Å²) in [6.45, 7) is 1.91. The minimum absolute atomic E-state index is 0.0783. The Kier molecular flexibility index (Phi) is 4.59. The Morgan fingerprint density at radius 3 is 2.54 bits per heavy atom. The first-order valence-electron chi connectivity index (χ1n) is 7.17. The molecule has 0 aliphatic carbocycles. The van der Waals surface area contributed by atoms with Gasteiger partial charge < -0.3 is 4.90 Å². The van der Waals surface area contributed by atoms with E-state index in [1.807, 2.05) is 6.07 Å². The lowest BCUT2D eigenvalue weighted by Gasteiger charge is -2.19. The second-order valence-corrected chi connectivity index (χ2v) is 8.45. The molecule has 126 valence electrons. The third-order valence-corrected chi connectivity index (χ3v) is 5.86. The van der Waals surface area contributed by atoms with Crippen molar-refractivity contribution in [2.24, 2.45) is 0 Å². The molecule has 0 atom stereocenters. The predicted molar refractivity (Wildman–Crippen MR) is 98.1 cm³/mol. The van der Waals surface area contributed by atoms with E-state index in [0.717, 1.165) is 5.56 Å². The highest BCUT2D eigenvalue weighted by molar-refractivity contribution is 9.10. The number of fused-ring (bicyclic) bond motifs is 1. The molecule has 0 bridgehead atoms. The van der Waals surface area contributed by atoms with Crippen LogP contribution in [0.25, 0.3) is 0 Å². The molecule has 0 radical (unpaired) electrons. The molecule has 1 N–H and O–H groups in total. The Balaban J connectivity index is 2.08. The van der Waals surface area contributed by atoms with Crippen molar-refractivity contribution in [1.29, 1.82) is 0 Å². The van der Waals surface area contributed by atoms with Crippen LogP contribution in [-0.2, 0) is 21.2 Å². The van der Waals surface area contributed by atoms with Crippen LogP contribution in [0.4, 0.5) is 11.4 Å². The number of hydrogen-bond donors (Lipinski definition) is 1. The van der Waals surface area contributed by atoms with E-state index >= 15 is 0 Å². The zero-order chi connectivity index (χ0) is 17.5. The fourth-order valence-electron chi connectivity index (χ4n) is 2.72. The standard InChI is InChI=1S/C16H14BrClN2O3S/c1-10(21)20-7-6-11-8-12(17)9-15(16(11)20)24(22,23)19-14-4-2-13(18)3-5-14/h2-5,8-9,19H,6-7H2,1H3. The number of rotatable bonds is 3. The second-order valence-electron chi connectivity index (χ2n) is 5.44. The zero-order valence-corrected chi connectivity index (χ0v) is 15.9. The van der Waals surface area contributed by atoms with Gasteiger partial charge in [0.25, 0.3) is 10.0 Å². The summed E-state index contributed by atoms with van der Waals surface area (Å²) < 4.78 is 28.9. The lowest BCUT2D eigenvalue weighted by Crippen LogP contribution is -2.28. The lowest BCUT2D eigenvalue weighted by atomic mass is 10.2. The highest BCUT2D eigenvalue weighted by Crippen LogP contribution is 2.38. The molecule has 1 heterocycles. The van der Waals surface area contributed by atoms with Crippen LogP contribution in [0.5, 0.6) is 0 Å². The molecule has 0 saturated carbocycles. The van der Waals surface area contributed by atoms with E-state index in [4.69, 9.17) is 11.6 Å². The van der Waals surface area contributed by atoms with Crippen molar-refractivity contribution in [3.8, 4) is 0 Å². The second kappa shape index (κ2) is 6.38. The van der Waals surface area contributed by atoms with Crippen LogP contribution >= 0.6 is 27.5 Å². The van der Waals surface area contributed by atoms with Gasteiger partial charge in [-0.2, -0.15) is 0 Å². The summed E-state index contributed by atoms with van der Waals surface area (Å²) in [5.74, 6) is -0.181. The molecule has 0 aromatic heterocycles. The molecule has 24 heavy (non-hydrogen) atoms. The molecular weight excluding hydrogens is 416 g/mol. The summed E-state index contributed by atoms with van der Waals surface area (Å²) in [5.41, 5.74) is 1.68. The van der Waals surface area contributed by atoms with Crippen molar-refractivity contribution in [1.82, 2.24) is 0 Å². The van der Waals surface area contributed by atoms with Crippen molar-refractivity contribution in [3.05, 3.63) is 51.5 Å². The maximum Gasteiger partial charge on any atom is 0.264 e. The summed E-state index contributed by atoms with van der Waals surface area (Å²) in [6.07, 6.45) is 0.623. The molecule has 1 aliphatic heterocycles. The molecule has 0 saturated heterocycles. The average molecular weight is 430 g/mol. The molecule has 5 nitrogen and oxygen atoms in total. The molecule has 1 aliphatic rings. The van der Waals surface area contributed by atoms with Crippen LogP contribution in [0.3, 0.4) is 0 Å². The molecule has 0 unspecified atom stereocenters. The number of nitrogens with one attached hydrogen (secondary N) is 1. The van der Waals surface area contributed by atoms with Gasteiger partial charge in [0.15, 0.2) is 0 Å².